The summed E-state index contributed by atoms with van der Waals surface area (Å²) in [5.41, 5.74) is 3.28. The lowest BCUT2D eigenvalue weighted by molar-refractivity contribution is -0.125. The number of rotatable bonds is 6. The topological polar surface area (TPSA) is 130 Å². The van der Waals surface area contributed by atoms with Gasteiger partial charge in [-0.2, -0.15) is 0 Å². The normalized spacial score (nSPS) is 18.6. The Morgan fingerprint density at radius 2 is 1.44 bits per heavy atom. The van der Waals surface area contributed by atoms with Crippen molar-refractivity contribution >= 4 is 18.1 Å². The number of carbonyl (C=O) groups excluding carboxylic acids is 3. The van der Waals surface area contributed by atoms with Crippen molar-refractivity contribution < 1.29 is 23.9 Å². The minimum atomic E-state index is -0.609. The van der Waals surface area contributed by atoms with E-state index in [2.05, 4.69) is 20.3 Å². The third-order valence-electron chi connectivity index (χ3n) is 7.77. The molecule has 0 radical (unpaired) electrons. The Bertz CT molecular complexity index is 1500. The zero-order chi connectivity index (χ0) is 32.4. The Morgan fingerprint density at radius 3 is 2.09 bits per heavy atom. The summed E-state index contributed by atoms with van der Waals surface area (Å²) in [4.78, 5) is 54.1. The van der Waals surface area contributed by atoms with Crippen molar-refractivity contribution in [2.45, 2.75) is 97.1 Å². The summed E-state index contributed by atoms with van der Waals surface area (Å²) < 4.78 is 11.1. The molecule has 2 aliphatic heterocycles. The van der Waals surface area contributed by atoms with Gasteiger partial charge in [0.1, 0.15) is 23.1 Å². The number of aromatic nitrogens is 3. The number of imidazole rings is 1. The SMILES string of the molecule is CC(C)(C)OC(=O)N1CCCC1C(=O)NCc1ccc(-c2ccc(-c3cnc(C4CCCN4C(=O)OC(C)(C)C)[nH]3)cn2)cc1. The Labute approximate surface area is 264 Å². The molecule has 4 heterocycles. The first-order valence-electron chi connectivity index (χ1n) is 15.6. The predicted octanol–water partition coefficient (Wildman–Crippen LogP) is 6.23. The fraction of sp³-hybridized carbons (Fsp3) is 0.500. The van der Waals surface area contributed by atoms with Gasteiger partial charge in [-0.3, -0.25) is 19.6 Å². The summed E-state index contributed by atoms with van der Waals surface area (Å²) in [6, 6.07) is 11.2. The first-order valence-corrected chi connectivity index (χ1v) is 15.6. The van der Waals surface area contributed by atoms with Gasteiger partial charge in [0.25, 0.3) is 0 Å². The molecule has 2 fully saturated rings. The van der Waals surface area contributed by atoms with Crippen LogP contribution in [0.15, 0.2) is 48.8 Å². The van der Waals surface area contributed by atoms with E-state index in [1.54, 1.807) is 17.3 Å². The van der Waals surface area contributed by atoms with Crippen LogP contribution in [0.2, 0.25) is 0 Å². The second-order valence-corrected chi connectivity index (χ2v) is 13.7. The van der Waals surface area contributed by atoms with Crippen LogP contribution in [0, 0.1) is 0 Å². The number of hydrogen-bond donors (Lipinski definition) is 2. The van der Waals surface area contributed by atoms with Gasteiger partial charge in [0.05, 0.1) is 23.6 Å². The monoisotopic (exact) mass is 616 g/mol. The Balaban J connectivity index is 1.17. The van der Waals surface area contributed by atoms with E-state index < -0.39 is 23.3 Å². The van der Waals surface area contributed by atoms with E-state index in [4.69, 9.17) is 9.47 Å². The van der Waals surface area contributed by atoms with Crippen molar-refractivity contribution in [3.05, 3.63) is 60.2 Å². The van der Waals surface area contributed by atoms with Gasteiger partial charge in [-0.1, -0.05) is 24.3 Å². The molecular weight excluding hydrogens is 572 g/mol. The molecule has 0 bridgehead atoms. The zero-order valence-corrected chi connectivity index (χ0v) is 27.1. The Morgan fingerprint density at radius 1 is 0.822 bits per heavy atom. The van der Waals surface area contributed by atoms with Gasteiger partial charge in [0, 0.05) is 37.0 Å². The molecule has 1 aromatic carbocycles. The lowest BCUT2D eigenvalue weighted by atomic mass is 10.1. The molecule has 45 heavy (non-hydrogen) atoms. The van der Waals surface area contributed by atoms with Gasteiger partial charge < -0.3 is 19.8 Å². The van der Waals surface area contributed by atoms with Gasteiger partial charge in [-0.05, 0) is 84.9 Å². The molecule has 3 amide bonds. The average Bonchev–Trinajstić information content (AvgIpc) is 3.75. The maximum Gasteiger partial charge on any atom is 0.410 e. The van der Waals surface area contributed by atoms with E-state index in [0.29, 0.717) is 26.1 Å². The summed E-state index contributed by atoms with van der Waals surface area (Å²) >= 11 is 0. The van der Waals surface area contributed by atoms with Gasteiger partial charge >= 0.3 is 12.2 Å². The molecule has 3 aromatic rings. The molecule has 2 aliphatic rings. The maximum atomic E-state index is 12.9. The maximum absolute atomic E-state index is 12.9. The highest BCUT2D eigenvalue weighted by molar-refractivity contribution is 5.86. The van der Waals surface area contributed by atoms with E-state index in [1.807, 2.05) is 77.9 Å². The Hall–Kier alpha value is -4.41. The molecule has 0 spiro atoms. The van der Waals surface area contributed by atoms with Crippen LogP contribution in [0.25, 0.3) is 22.5 Å². The van der Waals surface area contributed by atoms with E-state index in [-0.39, 0.29) is 18.0 Å². The van der Waals surface area contributed by atoms with Crippen molar-refractivity contribution in [3.63, 3.8) is 0 Å². The van der Waals surface area contributed by atoms with E-state index >= 15 is 0 Å². The molecular formula is C34H44N6O5. The molecule has 0 saturated carbocycles. The number of aromatic amines is 1. The molecule has 11 heteroatoms. The van der Waals surface area contributed by atoms with Crippen LogP contribution < -0.4 is 5.32 Å². The highest BCUT2D eigenvalue weighted by Crippen LogP contribution is 2.33. The summed E-state index contributed by atoms with van der Waals surface area (Å²) in [7, 11) is 0. The van der Waals surface area contributed by atoms with Crippen molar-refractivity contribution in [1.29, 1.82) is 0 Å². The van der Waals surface area contributed by atoms with Crippen molar-refractivity contribution in [2.24, 2.45) is 0 Å². The molecule has 2 N–H and O–H groups in total. The van der Waals surface area contributed by atoms with Crippen molar-refractivity contribution in [3.8, 4) is 22.5 Å². The highest BCUT2D eigenvalue weighted by Gasteiger charge is 2.37. The number of ether oxygens (including phenoxy) is 2. The quantitative estimate of drug-likeness (QED) is 0.336. The summed E-state index contributed by atoms with van der Waals surface area (Å²) in [5.74, 6) is 0.567. The van der Waals surface area contributed by atoms with Crippen molar-refractivity contribution in [1.82, 2.24) is 30.1 Å². The largest absolute Gasteiger partial charge is 0.444 e. The molecule has 5 rings (SSSR count). The lowest BCUT2D eigenvalue weighted by Gasteiger charge is -2.28. The second-order valence-electron chi connectivity index (χ2n) is 13.7. The standard InChI is InChI=1S/C34H44N6O5/c1-33(2,3)44-31(42)39-17-7-9-27(39)29-36-21-26(38-29)24-15-16-25(35-20-24)23-13-11-22(12-14-23)19-37-30(41)28-10-8-18-40(28)32(43)45-34(4,5)6/h11-16,20-21,27-28H,7-10,17-19H2,1-6H3,(H,36,38)(H,37,41). The van der Waals surface area contributed by atoms with Crippen LogP contribution >= 0.6 is 0 Å². The van der Waals surface area contributed by atoms with Gasteiger partial charge in [0.15, 0.2) is 0 Å². The fourth-order valence-electron chi connectivity index (χ4n) is 5.65. The third-order valence-corrected chi connectivity index (χ3v) is 7.77. The summed E-state index contributed by atoms with van der Waals surface area (Å²) in [6.45, 7) is 12.6. The fourth-order valence-corrected chi connectivity index (χ4v) is 5.65. The number of H-pyrrole nitrogens is 1. The number of pyridine rings is 1. The van der Waals surface area contributed by atoms with Gasteiger partial charge in [0.2, 0.25) is 5.91 Å². The molecule has 240 valence electrons. The molecule has 11 nitrogen and oxygen atoms in total. The molecule has 0 aliphatic carbocycles. The number of likely N-dealkylation sites (tertiary alicyclic amines) is 2. The van der Waals surface area contributed by atoms with Crippen LogP contribution in [-0.2, 0) is 20.8 Å². The second kappa shape index (κ2) is 12.9. The van der Waals surface area contributed by atoms with Crippen LogP contribution in [0.3, 0.4) is 0 Å². The van der Waals surface area contributed by atoms with Gasteiger partial charge in [-0.25, -0.2) is 14.6 Å². The van der Waals surface area contributed by atoms with Crippen LogP contribution in [0.4, 0.5) is 9.59 Å². The van der Waals surface area contributed by atoms with Crippen LogP contribution in [-0.4, -0.2) is 73.2 Å². The first-order chi connectivity index (χ1) is 21.3. The molecule has 2 atom stereocenters. The van der Waals surface area contributed by atoms with Crippen molar-refractivity contribution in [2.75, 3.05) is 13.1 Å². The molecule has 2 aromatic heterocycles. The highest BCUT2D eigenvalue weighted by atomic mass is 16.6. The third kappa shape index (κ3) is 8.01. The van der Waals surface area contributed by atoms with Crippen LogP contribution in [0.5, 0.6) is 0 Å². The summed E-state index contributed by atoms with van der Waals surface area (Å²) in [5, 5.41) is 2.97. The van der Waals surface area contributed by atoms with E-state index in [9.17, 15) is 14.4 Å². The number of nitrogens with one attached hydrogen (secondary N) is 2. The number of hydrogen-bond acceptors (Lipinski definition) is 7. The first kappa shape index (κ1) is 32.0. The van der Waals surface area contributed by atoms with E-state index in [1.165, 1.54) is 4.90 Å². The number of carbonyl (C=O) groups is 3. The van der Waals surface area contributed by atoms with E-state index in [0.717, 1.165) is 53.2 Å². The number of amides is 3. The van der Waals surface area contributed by atoms with Crippen LogP contribution in [0.1, 0.15) is 84.7 Å². The summed E-state index contributed by atoms with van der Waals surface area (Å²) in [6.07, 6.45) is 5.93. The predicted molar refractivity (Wildman–Crippen MR) is 170 cm³/mol. The minimum Gasteiger partial charge on any atom is -0.444 e. The average molecular weight is 617 g/mol. The zero-order valence-electron chi connectivity index (χ0n) is 27.1. The Kier molecular flexibility index (Phi) is 9.18. The number of benzene rings is 1. The smallest absolute Gasteiger partial charge is 0.410 e. The lowest BCUT2D eigenvalue weighted by Crippen LogP contribution is -2.47. The molecule has 2 saturated heterocycles. The molecule has 2 unspecified atom stereocenters. The van der Waals surface area contributed by atoms with Gasteiger partial charge in [-0.15, -0.1) is 0 Å². The number of nitrogens with zero attached hydrogens (tertiary/aromatic N) is 4. The minimum absolute atomic E-state index is 0.147.